The second kappa shape index (κ2) is 6.15. The van der Waals surface area contributed by atoms with Gasteiger partial charge in [0.05, 0.1) is 16.4 Å². The number of hydrogen-bond donors (Lipinski definition) is 2. The third-order valence-electron chi connectivity index (χ3n) is 3.24. The first-order valence-corrected chi connectivity index (χ1v) is 7.93. The van der Waals surface area contributed by atoms with Crippen LogP contribution in [0.2, 0.25) is 0 Å². The minimum absolute atomic E-state index is 0.0432. The summed E-state index contributed by atoms with van der Waals surface area (Å²) in [5, 5.41) is 11.0. The maximum Gasteiger partial charge on any atom is 0.251 e. The highest BCUT2D eigenvalue weighted by Gasteiger charge is 2.10. The first-order chi connectivity index (χ1) is 10.7. The number of benzene rings is 1. The number of hydrogen-bond acceptors (Lipinski definition) is 5. The Labute approximate surface area is 132 Å². The molecule has 2 N–H and O–H groups in total. The van der Waals surface area contributed by atoms with E-state index in [1.54, 1.807) is 16.9 Å². The van der Waals surface area contributed by atoms with Gasteiger partial charge in [0, 0.05) is 25.2 Å². The highest BCUT2D eigenvalue weighted by molar-refractivity contribution is 7.22. The normalized spacial score (nSPS) is 10.8. The van der Waals surface area contributed by atoms with Crippen LogP contribution < -0.4 is 10.6 Å². The van der Waals surface area contributed by atoms with Crippen LogP contribution in [0.25, 0.3) is 10.2 Å². The van der Waals surface area contributed by atoms with Gasteiger partial charge < -0.3 is 10.6 Å². The summed E-state index contributed by atoms with van der Waals surface area (Å²) in [6, 6.07) is 7.45. The number of aryl methyl sites for hydroxylation is 1. The van der Waals surface area contributed by atoms with Gasteiger partial charge in [0.25, 0.3) is 5.91 Å². The maximum atomic E-state index is 12.0. The van der Waals surface area contributed by atoms with Crippen molar-refractivity contribution in [2.45, 2.75) is 13.3 Å². The standard InChI is InChI=1S/C15H17N5OS/c1-3-7-16-14(21)10-4-5-11-12(9-10)22-15(18-11)19-13-6-8-17-20(13)2/h4-6,8-9H,3,7H2,1-2H3,(H,16,21)(H,18,19). The molecule has 0 aliphatic heterocycles. The molecule has 6 nitrogen and oxygen atoms in total. The summed E-state index contributed by atoms with van der Waals surface area (Å²) in [6.07, 6.45) is 2.65. The zero-order valence-electron chi connectivity index (χ0n) is 12.5. The van der Waals surface area contributed by atoms with Crippen LogP contribution >= 0.6 is 11.3 Å². The molecule has 3 rings (SSSR count). The molecule has 7 heteroatoms. The Bertz CT molecular complexity index is 807. The van der Waals surface area contributed by atoms with Gasteiger partial charge in [-0.05, 0) is 24.6 Å². The minimum Gasteiger partial charge on any atom is -0.352 e. The Kier molecular flexibility index (Phi) is 4.06. The van der Waals surface area contributed by atoms with Crippen molar-refractivity contribution in [1.29, 1.82) is 0 Å². The molecule has 0 spiro atoms. The average Bonchev–Trinajstić information content (AvgIpc) is 3.10. The SMILES string of the molecule is CCCNC(=O)c1ccc2nc(Nc3ccnn3C)sc2c1. The van der Waals surface area contributed by atoms with Crippen molar-refractivity contribution in [3.05, 3.63) is 36.0 Å². The van der Waals surface area contributed by atoms with Crippen LogP contribution in [0.5, 0.6) is 0 Å². The Hall–Kier alpha value is -2.41. The van der Waals surface area contributed by atoms with Gasteiger partial charge in [0.15, 0.2) is 5.13 Å². The number of amides is 1. The molecule has 2 aromatic heterocycles. The van der Waals surface area contributed by atoms with Crippen LogP contribution in [0.1, 0.15) is 23.7 Å². The number of thiazole rings is 1. The number of carbonyl (C=O) groups is 1. The van der Waals surface area contributed by atoms with E-state index in [4.69, 9.17) is 0 Å². The highest BCUT2D eigenvalue weighted by atomic mass is 32.1. The lowest BCUT2D eigenvalue weighted by molar-refractivity contribution is 0.0954. The Morgan fingerprint density at radius 1 is 1.36 bits per heavy atom. The van der Waals surface area contributed by atoms with Gasteiger partial charge in [-0.25, -0.2) is 4.98 Å². The predicted octanol–water partition coefficient (Wildman–Crippen LogP) is 2.91. The van der Waals surface area contributed by atoms with E-state index < -0.39 is 0 Å². The molecule has 0 atom stereocenters. The Morgan fingerprint density at radius 2 is 2.23 bits per heavy atom. The van der Waals surface area contributed by atoms with Gasteiger partial charge in [0.2, 0.25) is 0 Å². The van der Waals surface area contributed by atoms with Crippen LogP contribution in [0.4, 0.5) is 10.9 Å². The van der Waals surface area contributed by atoms with Crippen LogP contribution in [0, 0.1) is 0 Å². The Balaban J connectivity index is 1.84. The number of carbonyl (C=O) groups excluding carboxylic acids is 1. The molecule has 0 radical (unpaired) electrons. The zero-order chi connectivity index (χ0) is 15.5. The summed E-state index contributed by atoms with van der Waals surface area (Å²) in [7, 11) is 1.87. The summed E-state index contributed by atoms with van der Waals surface area (Å²) in [6.45, 7) is 2.72. The maximum absolute atomic E-state index is 12.0. The van der Waals surface area contributed by atoms with Crippen LogP contribution in [0.3, 0.4) is 0 Å². The van der Waals surface area contributed by atoms with Crippen molar-refractivity contribution in [3.8, 4) is 0 Å². The summed E-state index contributed by atoms with van der Waals surface area (Å²) in [5.74, 6) is 0.832. The monoisotopic (exact) mass is 315 g/mol. The fourth-order valence-corrected chi connectivity index (χ4v) is 2.98. The average molecular weight is 315 g/mol. The minimum atomic E-state index is -0.0432. The molecule has 1 amide bonds. The van der Waals surface area contributed by atoms with Gasteiger partial charge in [-0.15, -0.1) is 0 Å². The lowest BCUT2D eigenvalue weighted by Gasteiger charge is -2.02. The molecule has 3 aromatic rings. The van der Waals surface area contributed by atoms with Crippen LogP contribution in [-0.4, -0.2) is 27.2 Å². The molecule has 2 heterocycles. The van der Waals surface area contributed by atoms with Gasteiger partial charge in [-0.1, -0.05) is 18.3 Å². The van der Waals surface area contributed by atoms with Gasteiger partial charge in [-0.2, -0.15) is 5.10 Å². The van der Waals surface area contributed by atoms with Crippen molar-refractivity contribution < 1.29 is 4.79 Å². The van der Waals surface area contributed by atoms with E-state index in [1.165, 1.54) is 11.3 Å². The molecule has 22 heavy (non-hydrogen) atoms. The smallest absolute Gasteiger partial charge is 0.251 e. The summed E-state index contributed by atoms with van der Waals surface area (Å²) in [5.41, 5.74) is 1.54. The quantitative estimate of drug-likeness (QED) is 0.759. The predicted molar refractivity (Wildman–Crippen MR) is 88.7 cm³/mol. The summed E-state index contributed by atoms with van der Waals surface area (Å²) < 4.78 is 2.73. The largest absolute Gasteiger partial charge is 0.352 e. The van der Waals surface area contributed by atoms with Crippen molar-refractivity contribution in [2.24, 2.45) is 7.05 Å². The van der Waals surface area contributed by atoms with E-state index in [-0.39, 0.29) is 5.91 Å². The molecule has 0 saturated carbocycles. The van der Waals surface area contributed by atoms with Gasteiger partial charge >= 0.3 is 0 Å². The summed E-state index contributed by atoms with van der Waals surface area (Å²) >= 11 is 1.52. The molecule has 0 aliphatic carbocycles. The molecule has 1 aromatic carbocycles. The third-order valence-corrected chi connectivity index (χ3v) is 4.18. The summed E-state index contributed by atoms with van der Waals surface area (Å²) in [4.78, 5) is 16.5. The van der Waals surface area contributed by atoms with E-state index >= 15 is 0 Å². The van der Waals surface area contributed by atoms with E-state index in [9.17, 15) is 4.79 Å². The molecule has 0 bridgehead atoms. The first kappa shape index (κ1) is 14.5. The number of anilines is 2. The second-order valence-electron chi connectivity index (χ2n) is 4.92. The number of aromatic nitrogens is 3. The second-order valence-corrected chi connectivity index (χ2v) is 5.95. The molecule has 0 saturated heterocycles. The number of nitrogens with zero attached hydrogens (tertiary/aromatic N) is 3. The van der Waals surface area contributed by atoms with Crippen LogP contribution in [-0.2, 0) is 7.05 Å². The van der Waals surface area contributed by atoms with Crippen molar-refractivity contribution in [3.63, 3.8) is 0 Å². The third kappa shape index (κ3) is 2.94. The number of fused-ring (bicyclic) bond motifs is 1. The zero-order valence-corrected chi connectivity index (χ0v) is 13.3. The highest BCUT2D eigenvalue weighted by Crippen LogP contribution is 2.28. The van der Waals surface area contributed by atoms with E-state index in [2.05, 4.69) is 20.7 Å². The molecular weight excluding hydrogens is 298 g/mol. The molecule has 0 unspecified atom stereocenters. The van der Waals surface area contributed by atoms with Crippen molar-refractivity contribution in [2.75, 3.05) is 11.9 Å². The number of nitrogens with one attached hydrogen (secondary N) is 2. The topological polar surface area (TPSA) is 71.8 Å². The Morgan fingerprint density at radius 3 is 2.95 bits per heavy atom. The lowest BCUT2D eigenvalue weighted by atomic mass is 10.2. The van der Waals surface area contributed by atoms with Crippen molar-refractivity contribution in [1.82, 2.24) is 20.1 Å². The van der Waals surface area contributed by atoms with Gasteiger partial charge in [-0.3, -0.25) is 9.48 Å². The van der Waals surface area contributed by atoms with E-state index in [0.29, 0.717) is 12.1 Å². The van der Waals surface area contributed by atoms with Crippen molar-refractivity contribution >= 4 is 38.4 Å². The molecule has 0 aliphatic rings. The molecule has 114 valence electrons. The fourth-order valence-electron chi connectivity index (χ4n) is 2.07. The fraction of sp³-hybridized carbons (Fsp3) is 0.267. The molecular formula is C15H17N5OS. The van der Waals surface area contributed by atoms with E-state index in [0.717, 1.165) is 27.6 Å². The van der Waals surface area contributed by atoms with Crippen LogP contribution in [0.15, 0.2) is 30.5 Å². The number of rotatable bonds is 5. The van der Waals surface area contributed by atoms with Gasteiger partial charge in [0.1, 0.15) is 5.82 Å². The van der Waals surface area contributed by atoms with E-state index in [1.807, 2.05) is 32.2 Å². The lowest BCUT2D eigenvalue weighted by Crippen LogP contribution is -2.23. The molecule has 0 fully saturated rings. The first-order valence-electron chi connectivity index (χ1n) is 7.11.